The van der Waals surface area contributed by atoms with Gasteiger partial charge in [0.05, 0.1) is 0 Å². The van der Waals surface area contributed by atoms with Crippen LogP contribution in [0, 0.1) is 0 Å². The van der Waals surface area contributed by atoms with Gasteiger partial charge in [0.25, 0.3) is 0 Å². The van der Waals surface area contributed by atoms with E-state index in [1.165, 1.54) is 0 Å². The van der Waals surface area contributed by atoms with Crippen LogP contribution in [-0.2, 0) is 6.54 Å². The number of amides is 2. The summed E-state index contributed by atoms with van der Waals surface area (Å²) in [5.41, 5.74) is 1.01. The second-order valence-corrected chi connectivity index (χ2v) is 4.09. The van der Waals surface area contributed by atoms with E-state index in [9.17, 15) is 4.79 Å². The molecule has 0 saturated heterocycles. The molecule has 0 spiro atoms. The standard InChI is InChI=1S/C11H14Cl2N2O/c12-6-1-7-14-11(16)15-8-9-2-4-10(13)5-3-9/h2-5H,1,6-8H2,(H2,14,15,16). The summed E-state index contributed by atoms with van der Waals surface area (Å²) in [4.78, 5) is 11.3. The van der Waals surface area contributed by atoms with E-state index in [1.807, 2.05) is 12.1 Å². The smallest absolute Gasteiger partial charge is 0.315 e. The molecule has 88 valence electrons. The average Bonchev–Trinajstić information content (AvgIpc) is 2.29. The number of hydrogen-bond acceptors (Lipinski definition) is 1. The normalized spacial score (nSPS) is 9.88. The minimum Gasteiger partial charge on any atom is -0.338 e. The van der Waals surface area contributed by atoms with E-state index in [4.69, 9.17) is 23.2 Å². The minimum atomic E-state index is -0.180. The molecule has 0 radical (unpaired) electrons. The summed E-state index contributed by atoms with van der Waals surface area (Å²) in [6.07, 6.45) is 0.774. The van der Waals surface area contributed by atoms with Crippen LogP contribution in [-0.4, -0.2) is 18.5 Å². The third-order valence-corrected chi connectivity index (χ3v) is 2.48. The predicted molar refractivity (Wildman–Crippen MR) is 67.0 cm³/mol. The Balaban J connectivity index is 2.23. The van der Waals surface area contributed by atoms with Gasteiger partial charge in [-0.25, -0.2) is 4.79 Å². The maximum Gasteiger partial charge on any atom is 0.315 e. The van der Waals surface area contributed by atoms with Gasteiger partial charge in [-0.05, 0) is 24.1 Å². The van der Waals surface area contributed by atoms with Crippen molar-refractivity contribution in [3.63, 3.8) is 0 Å². The number of carbonyl (C=O) groups excluding carboxylic acids is 1. The lowest BCUT2D eigenvalue weighted by Crippen LogP contribution is -2.35. The van der Waals surface area contributed by atoms with E-state index < -0.39 is 0 Å². The Hall–Kier alpha value is -0.930. The lowest BCUT2D eigenvalue weighted by atomic mass is 10.2. The summed E-state index contributed by atoms with van der Waals surface area (Å²) in [7, 11) is 0. The number of benzene rings is 1. The van der Waals surface area contributed by atoms with Crippen molar-refractivity contribution in [2.24, 2.45) is 0 Å². The molecule has 0 aromatic heterocycles. The minimum absolute atomic E-state index is 0.180. The Morgan fingerprint density at radius 1 is 1.19 bits per heavy atom. The van der Waals surface area contributed by atoms with Crippen molar-refractivity contribution in [2.45, 2.75) is 13.0 Å². The van der Waals surface area contributed by atoms with Crippen LogP contribution in [0.5, 0.6) is 0 Å². The molecule has 1 rings (SSSR count). The summed E-state index contributed by atoms with van der Waals surface area (Å²) in [5.74, 6) is 0.553. The second-order valence-electron chi connectivity index (χ2n) is 3.28. The van der Waals surface area contributed by atoms with Gasteiger partial charge in [-0.15, -0.1) is 11.6 Å². The highest BCUT2D eigenvalue weighted by Gasteiger charge is 1.99. The average molecular weight is 261 g/mol. The number of carbonyl (C=O) groups is 1. The van der Waals surface area contributed by atoms with Gasteiger partial charge in [0, 0.05) is 24.0 Å². The number of hydrogen-bond donors (Lipinski definition) is 2. The zero-order chi connectivity index (χ0) is 11.8. The fraction of sp³-hybridized carbons (Fsp3) is 0.364. The SMILES string of the molecule is O=C(NCCCCl)NCc1ccc(Cl)cc1. The fourth-order valence-corrected chi connectivity index (χ4v) is 1.38. The predicted octanol–water partition coefficient (Wildman–Crippen LogP) is 2.77. The van der Waals surface area contributed by atoms with Gasteiger partial charge >= 0.3 is 6.03 Å². The van der Waals surface area contributed by atoms with Crippen LogP contribution < -0.4 is 10.6 Å². The number of urea groups is 1. The molecule has 3 nitrogen and oxygen atoms in total. The zero-order valence-electron chi connectivity index (χ0n) is 8.80. The largest absolute Gasteiger partial charge is 0.338 e. The molecule has 0 saturated carbocycles. The molecule has 0 atom stereocenters. The first-order valence-electron chi connectivity index (χ1n) is 5.04. The monoisotopic (exact) mass is 260 g/mol. The van der Waals surface area contributed by atoms with Gasteiger partial charge in [-0.3, -0.25) is 0 Å². The highest BCUT2D eigenvalue weighted by molar-refractivity contribution is 6.30. The van der Waals surface area contributed by atoms with Crippen LogP contribution in [0.3, 0.4) is 0 Å². The Labute approximate surface area is 105 Å². The first-order chi connectivity index (χ1) is 7.72. The van der Waals surface area contributed by atoms with Crippen LogP contribution >= 0.6 is 23.2 Å². The molecular formula is C11H14Cl2N2O. The first kappa shape index (κ1) is 13.1. The molecule has 1 aromatic carbocycles. The van der Waals surface area contributed by atoms with E-state index in [0.717, 1.165) is 12.0 Å². The molecule has 0 aliphatic heterocycles. The van der Waals surface area contributed by atoms with Gasteiger partial charge in [-0.2, -0.15) is 0 Å². The summed E-state index contributed by atoms with van der Waals surface area (Å²) in [5, 5.41) is 6.14. The molecule has 16 heavy (non-hydrogen) atoms. The third-order valence-electron chi connectivity index (χ3n) is 1.96. The molecule has 2 amide bonds. The second kappa shape index (κ2) is 7.36. The number of nitrogens with one attached hydrogen (secondary N) is 2. The molecule has 0 unspecified atom stereocenters. The molecule has 0 aliphatic rings. The summed E-state index contributed by atoms with van der Waals surface area (Å²) < 4.78 is 0. The lowest BCUT2D eigenvalue weighted by molar-refractivity contribution is 0.240. The highest BCUT2D eigenvalue weighted by atomic mass is 35.5. The topological polar surface area (TPSA) is 41.1 Å². The van der Waals surface area contributed by atoms with Crippen molar-refractivity contribution in [1.29, 1.82) is 0 Å². The zero-order valence-corrected chi connectivity index (χ0v) is 10.3. The summed E-state index contributed by atoms with van der Waals surface area (Å²) in [6.45, 7) is 1.08. The Bertz CT molecular complexity index is 327. The summed E-state index contributed by atoms with van der Waals surface area (Å²) >= 11 is 11.2. The van der Waals surface area contributed by atoms with Crippen molar-refractivity contribution in [1.82, 2.24) is 10.6 Å². The molecular weight excluding hydrogens is 247 g/mol. The number of halogens is 2. The molecule has 2 N–H and O–H groups in total. The first-order valence-corrected chi connectivity index (χ1v) is 5.95. The molecule has 0 heterocycles. The van der Waals surface area contributed by atoms with Gasteiger partial charge < -0.3 is 10.6 Å². The molecule has 0 bridgehead atoms. The Morgan fingerprint density at radius 3 is 2.50 bits per heavy atom. The van der Waals surface area contributed by atoms with E-state index in [1.54, 1.807) is 12.1 Å². The Morgan fingerprint density at radius 2 is 1.88 bits per heavy atom. The van der Waals surface area contributed by atoms with Crippen molar-refractivity contribution in [2.75, 3.05) is 12.4 Å². The maximum atomic E-state index is 11.3. The lowest BCUT2D eigenvalue weighted by Gasteiger charge is -2.06. The Kier molecular flexibility index (Phi) is 6.04. The van der Waals surface area contributed by atoms with Gasteiger partial charge in [0.15, 0.2) is 0 Å². The van der Waals surface area contributed by atoms with E-state index >= 15 is 0 Å². The van der Waals surface area contributed by atoms with Crippen molar-refractivity contribution in [3.05, 3.63) is 34.9 Å². The quantitative estimate of drug-likeness (QED) is 0.621. The highest BCUT2D eigenvalue weighted by Crippen LogP contribution is 2.08. The maximum absolute atomic E-state index is 11.3. The number of alkyl halides is 1. The van der Waals surface area contributed by atoms with Crippen LogP contribution in [0.2, 0.25) is 5.02 Å². The van der Waals surface area contributed by atoms with Crippen molar-refractivity contribution < 1.29 is 4.79 Å². The van der Waals surface area contributed by atoms with Crippen LogP contribution in [0.1, 0.15) is 12.0 Å². The van der Waals surface area contributed by atoms with Crippen LogP contribution in [0.15, 0.2) is 24.3 Å². The van der Waals surface area contributed by atoms with Crippen LogP contribution in [0.4, 0.5) is 4.79 Å². The molecule has 5 heteroatoms. The van der Waals surface area contributed by atoms with Crippen molar-refractivity contribution >= 4 is 29.2 Å². The van der Waals surface area contributed by atoms with Gasteiger partial charge in [0.2, 0.25) is 0 Å². The summed E-state index contributed by atoms with van der Waals surface area (Å²) in [6, 6.07) is 7.16. The molecule has 0 aliphatic carbocycles. The molecule has 0 fully saturated rings. The van der Waals surface area contributed by atoms with Crippen LogP contribution in [0.25, 0.3) is 0 Å². The fourth-order valence-electron chi connectivity index (χ4n) is 1.12. The van der Waals surface area contributed by atoms with E-state index in [-0.39, 0.29) is 6.03 Å². The van der Waals surface area contributed by atoms with Gasteiger partial charge in [0.1, 0.15) is 0 Å². The number of rotatable bonds is 5. The molecule has 1 aromatic rings. The van der Waals surface area contributed by atoms with E-state index in [0.29, 0.717) is 24.0 Å². The third kappa shape index (κ3) is 5.24. The van der Waals surface area contributed by atoms with Gasteiger partial charge in [-0.1, -0.05) is 23.7 Å². The van der Waals surface area contributed by atoms with E-state index in [2.05, 4.69) is 10.6 Å². The van der Waals surface area contributed by atoms with Crippen molar-refractivity contribution in [3.8, 4) is 0 Å².